The monoisotopic (exact) mass is 314 g/mol. The molecule has 5 heteroatoms. The quantitative estimate of drug-likeness (QED) is 0.627. The first kappa shape index (κ1) is 14.8. The predicted molar refractivity (Wildman–Crippen MR) is 76.6 cm³/mol. The fourth-order valence-electron chi connectivity index (χ4n) is 1.40. The molecular formula is C13H19BrN2O2. The summed E-state index contributed by atoms with van der Waals surface area (Å²) in [5.41, 5.74) is 6.32. The molecule has 18 heavy (non-hydrogen) atoms. The molecule has 0 aliphatic carbocycles. The molecule has 0 aromatic heterocycles. The summed E-state index contributed by atoms with van der Waals surface area (Å²) < 4.78 is 6.42. The minimum atomic E-state index is -0.551. The number of hydrogen-bond donors (Lipinski definition) is 2. The van der Waals surface area contributed by atoms with Crippen LogP contribution in [0.15, 0.2) is 22.7 Å². The van der Waals surface area contributed by atoms with Crippen molar-refractivity contribution >= 4 is 27.5 Å². The zero-order valence-corrected chi connectivity index (χ0v) is 12.3. The van der Waals surface area contributed by atoms with Crippen LogP contribution in [0.1, 0.15) is 26.7 Å². The number of amides is 1. The zero-order chi connectivity index (χ0) is 13.5. The van der Waals surface area contributed by atoms with Gasteiger partial charge in [0.05, 0.1) is 5.69 Å². The average molecular weight is 315 g/mol. The van der Waals surface area contributed by atoms with E-state index in [1.165, 1.54) is 0 Å². The van der Waals surface area contributed by atoms with E-state index in [4.69, 9.17) is 10.5 Å². The lowest BCUT2D eigenvalue weighted by molar-refractivity contribution is -0.127. The van der Waals surface area contributed by atoms with Crippen LogP contribution in [0.25, 0.3) is 0 Å². The van der Waals surface area contributed by atoms with Gasteiger partial charge in [-0.25, -0.2) is 0 Å². The maximum absolute atomic E-state index is 11.7. The van der Waals surface area contributed by atoms with Crippen LogP contribution in [-0.4, -0.2) is 18.6 Å². The largest absolute Gasteiger partial charge is 0.479 e. The highest BCUT2D eigenvalue weighted by molar-refractivity contribution is 9.10. The molecule has 1 rings (SSSR count). The number of nitrogen functional groups attached to an aromatic ring is 1. The first-order chi connectivity index (χ1) is 8.54. The molecule has 0 aliphatic heterocycles. The lowest BCUT2D eigenvalue weighted by Gasteiger charge is -2.16. The van der Waals surface area contributed by atoms with Gasteiger partial charge >= 0.3 is 0 Å². The summed E-state index contributed by atoms with van der Waals surface area (Å²) in [5.74, 6) is 0.405. The fourth-order valence-corrected chi connectivity index (χ4v) is 1.78. The summed E-state index contributed by atoms with van der Waals surface area (Å²) in [5, 5.41) is 2.82. The maximum atomic E-state index is 11.7. The molecule has 0 bridgehead atoms. The number of anilines is 1. The molecule has 1 unspecified atom stereocenters. The minimum absolute atomic E-state index is 0.120. The standard InChI is InChI=1S/C13H19BrN2O2/c1-3-4-7-16-13(17)9(2)18-12-6-5-10(14)8-11(12)15/h5-6,8-9H,3-4,7,15H2,1-2H3,(H,16,17). The van der Waals surface area contributed by atoms with E-state index >= 15 is 0 Å². The number of hydrogen-bond acceptors (Lipinski definition) is 3. The van der Waals surface area contributed by atoms with Crippen molar-refractivity contribution in [3.05, 3.63) is 22.7 Å². The van der Waals surface area contributed by atoms with Crippen molar-refractivity contribution in [1.29, 1.82) is 0 Å². The number of nitrogens with one attached hydrogen (secondary N) is 1. The molecule has 4 nitrogen and oxygen atoms in total. The van der Waals surface area contributed by atoms with E-state index in [0.717, 1.165) is 17.3 Å². The van der Waals surface area contributed by atoms with E-state index in [1.807, 2.05) is 6.07 Å². The second-order valence-corrected chi connectivity index (χ2v) is 5.00. The molecule has 1 amide bonds. The van der Waals surface area contributed by atoms with Gasteiger partial charge in [0.2, 0.25) is 0 Å². The normalized spacial score (nSPS) is 11.9. The summed E-state index contributed by atoms with van der Waals surface area (Å²) in [6, 6.07) is 5.32. The smallest absolute Gasteiger partial charge is 0.260 e. The highest BCUT2D eigenvalue weighted by Gasteiger charge is 2.15. The molecule has 0 spiro atoms. The Bertz CT molecular complexity index is 410. The lowest BCUT2D eigenvalue weighted by atomic mass is 10.3. The van der Waals surface area contributed by atoms with Gasteiger partial charge in [-0.1, -0.05) is 29.3 Å². The van der Waals surface area contributed by atoms with E-state index in [2.05, 4.69) is 28.2 Å². The summed E-state index contributed by atoms with van der Waals surface area (Å²) in [6.45, 7) is 4.47. The Morgan fingerprint density at radius 1 is 1.56 bits per heavy atom. The van der Waals surface area contributed by atoms with Crippen LogP contribution in [0.5, 0.6) is 5.75 Å². The van der Waals surface area contributed by atoms with Gasteiger partial charge in [0.25, 0.3) is 5.91 Å². The molecule has 0 saturated heterocycles. The van der Waals surface area contributed by atoms with Crippen LogP contribution in [0.3, 0.4) is 0 Å². The zero-order valence-electron chi connectivity index (χ0n) is 10.7. The summed E-state index contributed by atoms with van der Waals surface area (Å²) in [6.07, 6.45) is 1.47. The topological polar surface area (TPSA) is 64.3 Å². The van der Waals surface area contributed by atoms with E-state index in [9.17, 15) is 4.79 Å². The number of carbonyl (C=O) groups excluding carboxylic acids is 1. The summed E-state index contributed by atoms with van der Waals surface area (Å²) >= 11 is 3.32. The Morgan fingerprint density at radius 2 is 2.28 bits per heavy atom. The molecule has 1 aromatic rings. The van der Waals surface area contributed by atoms with Crippen molar-refractivity contribution < 1.29 is 9.53 Å². The van der Waals surface area contributed by atoms with E-state index in [0.29, 0.717) is 18.0 Å². The van der Waals surface area contributed by atoms with Gasteiger partial charge in [-0.15, -0.1) is 0 Å². The molecule has 0 heterocycles. The molecule has 0 aliphatic rings. The number of nitrogens with two attached hydrogens (primary N) is 1. The van der Waals surface area contributed by atoms with Crippen LogP contribution in [0.2, 0.25) is 0 Å². The number of carbonyl (C=O) groups is 1. The number of rotatable bonds is 6. The molecule has 0 fully saturated rings. The Kier molecular flexibility index (Phi) is 5.98. The van der Waals surface area contributed by atoms with Gasteiger partial charge in [-0.3, -0.25) is 4.79 Å². The molecule has 0 radical (unpaired) electrons. The lowest BCUT2D eigenvalue weighted by Crippen LogP contribution is -2.36. The third kappa shape index (κ3) is 4.56. The van der Waals surface area contributed by atoms with Gasteiger partial charge < -0.3 is 15.8 Å². The Morgan fingerprint density at radius 3 is 2.89 bits per heavy atom. The molecule has 1 aromatic carbocycles. The van der Waals surface area contributed by atoms with Crippen molar-refractivity contribution in [2.24, 2.45) is 0 Å². The highest BCUT2D eigenvalue weighted by Crippen LogP contribution is 2.26. The number of unbranched alkanes of at least 4 members (excludes halogenated alkanes) is 1. The third-order valence-electron chi connectivity index (χ3n) is 2.47. The van der Waals surface area contributed by atoms with Gasteiger partial charge in [-0.2, -0.15) is 0 Å². The Hall–Kier alpha value is -1.23. The van der Waals surface area contributed by atoms with Crippen LogP contribution in [-0.2, 0) is 4.79 Å². The van der Waals surface area contributed by atoms with E-state index < -0.39 is 6.10 Å². The number of benzene rings is 1. The predicted octanol–water partition coefficient (Wildman–Crippen LogP) is 2.71. The van der Waals surface area contributed by atoms with Crippen molar-refractivity contribution in [3.63, 3.8) is 0 Å². The molecule has 100 valence electrons. The Balaban J connectivity index is 2.53. The molecular weight excluding hydrogens is 296 g/mol. The first-order valence-electron chi connectivity index (χ1n) is 6.04. The summed E-state index contributed by atoms with van der Waals surface area (Å²) in [7, 11) is 0. The van der Waals surface area contributed by atoms with E-state index in [1.54, 1.807) is 19.1 Å². The van der Waals surface area contributed by atoms with Crippen molar-refractivity contribution in [1.82, 2.24) is 5.32 Å². The molecule has 3 N–H and O–H groups in total. The number of halogens is 1. The summed E-state index contributed by atoms with van der Waals surface area (Å²) in [4.78, 5) is 11.7. The van der Waals surface area contributed by atoms with Gasteiger partial charge in [0.15, 0.2) is 6.10 Å². The van der Waals surface area contributed by atoms with Crippen LogP contribution in [0.4, 0.5) is 5.69 Å². The second-order valence-electron chi connectivity index (χ2n) is 4.09. The Labute approximate surface area is 116 Å². The van der Waals surface area contributed by atoms with Gasteiger partial charge in [-0.05, 0) is 31.5 Å². The van der Waals surface area contributed by atoms with E-state index in [-0.39, 0.29) is 5.91 Å². The van der Waals surface area contributed by atoms with Gasteiger partial charge in [0, 0.05) is 11.0 Å². The van der Waals surface area contributed by atoms with Crippen molar-refractivity contribution in [2.45, 2.75) is 32.8 Å². The molecule has 1 atom stereocenters. The average Bonchev–Trinajstić information content (AvgIpc) is 2.32. The SMILES string of the molecule is CCCCNC(=O)C(C)Oc1ccc(Br)cc1N. The highest BCUT2D eigenvalue weighted by atomic mass is 79.9. The third-order valence-corrected chi connectivity index (χ3v) is 2.97. The van der Waals surface area contributed by atoms with Crippen molar-refractivity contribution in [2.75, 3.05) is 12.3 Å². The second kappa shape index (κ2) is 7.26. The minimum Gasteiger partial charge on any atom is -0.479 e. The fraction of sp³-hybridized carbons (Fsp3) is 0.462. The van der Waals surface area contributed by atoms with Crippen LogP contribution >= 0.6 is 15.9 Å². The first-order valence-corrected chi connectivity index (χ1v) is 6.83. The molecule has 0 saturated carbocycles. The van der Waals surface area contributed by atoms with Crippen molar-refractivity contribution in [3.8, 4) is 5.75 Å². The van der Waals surface area contributed by atoms with Crippen LogP contribution in [0, 0.1) is 0 Å². The number of ether oxygens (including phenoxy) is 1. The maximum Gasteiger partial charge on any atom is 0.260 e. The van der Waals surface area contributed by atoms with Crippen LogP contribution < -0.4 is 15.8 Å². The van der Waals surface area contributed by atoms with Gasteiger partial charge in [0.1, 0.15) is 5.75 Å².